The fourth-order valence-electron chi connectivity index (χ4n) is 6.23. The number of allylic oxidation sites excluding steroid dienone is 16. The van der Waals surface area contributed by atoms with Crippen LogP contribution in [0.2, 0.25) is 0 Å². The van der Waals surface area contributed by atoms with Gasteiger partial charge in [-0.05, 0) is 89.9 Å². The summed E-state index contributed by atoms with van der Waals surface area (Å²) in [5.41, 5.74) is -2.79. The highest BCUT2D eigenvalue weighted by molar-refractivity contribution is 6.27. The lowest BCUT2D eigenvalue weighted by molar-refractivity contribution is -0.161. The normalized spacial score (nSPS) is 15.0. The Morgan fingerprint density at radius 2 is 0.733 bits per heavy atom. The molecule has 6 N–H and O–H groups in total. The van der Waals surface area contributed by atoms with Gasteiger partial charge in [0.05, 0.1) is 13.2 Å². The predicted octanol–water partition coefficient (Wildman–Crippen LogP) is 8.36. The summed E-state index contributed by atoms with van der Waals surface area (Å²) in [4.78, 5) is 55.0. The minimum atomic E-state index is -2.79. The number of aliphatic hydroxyl groups is 6. The van der Waals surface area contributed by atoms with Crippen molar-refractivity contribution in [3.8, 4) is 0 Å². The quantitative estimate of drug-likeness (QED) is 0.0199. The van der Waals surface area contributed by atoms with Crippen molar-refractivity contribution in [1.29, 1.82) is 0 Å². The number of hydrogen-bond donors (Lipinski definition) is 6. The van der Waals surface area contributed by atoms with Crippen LogP contribution in [-0.2, 0) is 19.2 Å². The molecule has 4 atom stereocenters. The van der Waals surface area contributed by atoms with Crippen molar-refractivity contribution < 1.29 is 49.8 Å². The van der Waals surface area contributed by atoms with E-state index in [0.29, 0.717) is 25.7 Å². The van der Waals surface area contributed by atoms with Gasteiger partial charge in [0.25, 0.3) is 0 Å². The zero-order chi connectivity index (χ0) is 44.7. The number of carbonyl (C=O) groups excluding carboxylic acids is 4. The van der Waals surface area contributed by atoms with Gasteiger partial charge >= 0.3 is 0 Å². The van der Waals surface area contributed by atoms with Crippen LogP contribution in [0.5, 0.6) is 0 Å². The minimum absolute atomic E-state index is 0.187. The van der Waals surface area contributed by atoms with Crippen molar-refractivity contribution in [2.24, 2.45) is 5.41 Å². The SMILES string of the molecule is CCCCC/C=C\C/C=C\C/C=C\C/C=C\CCCC(=O)C(CC(=O)C(O)C(O)CO)(C(=O)CCC/C=C\C/C=C\C/C=C\C/C=C\CCCCC)C(=O)C(O)C(O)CO. The maximum atomic E-state index is 14.0. The summed E-state index contributed by atoms with van der Waals surface area (Å²) >= 11 is 0. The molecule has 0 bridgehead atoms. The average Bonchev–Trinajstić information content (AvgIpc) is 3.25. The second kappa shape index (κ2) is 38.3. The molecule has 0 radical (unpaired) electrons. The molecule has 0 aliphatic heterocycles. The average molecular weight is 839 g/mol. The van der Waals surface area contributed by atoms with Crippen molar-refractivity contribution in [3.05, 3.63) is 97.2 Å². The van der Waals surface area contributed by atoms with Gasteiger partial charge in [-0.2, -0.15) is 0 Å². The summed E-state index contributed by atoms with van der Waals surface area (Å²) in [7, 11) is 0. The zero-order valence-corrected chi connectivity index (χ0v) is 36.6. The Morgan fingerprint density at radius 1 is 0.433 bits per heavy atom. The Kier molecular flexibility index (Phi) is 36.0. The first-order valence-electron chi connectivity index (χ1n) is 22.3. The van der Waals surface area contributed by atoms with E-state index in [1.165, 1.54) is 38.5 Å². The highest BCUT2D eigenvalue weighted by Crippen LogP contribution is 2.34. The molecule has 60 heavy (non-hydrogen) atoms. The lowest BCUT2D eigenvalue weighted by atomic mass is 9.66. The molecule has 0 aromatic carbocycles. The molecule has 0 aromatic heterocycles. The van der Waals surface area contributed by atoms with E-state index in [-0.39, 0.29) is 25.7 Å². The van der Waals surface area contributed by atoms with Gasteiger partial charge in [-0.25, -0.2) is 0 Å². The van der Waals surface area contributed by atoms with E-state index < -0.39 is 72.6 Å². The minimum Gasteiger partial charge on any atom is -0.394 e. The third-order valence-electron chi connectivity index (χ3n) is 9.98. The molecule has 0 rings (SSSR count). The summed E-state index contributed by atoms with van der Waals surface area (Å²) < 4.78 is 0. The van der Waals surface area contributed by atoms with Gasteiger partial charge in [-0.3, -0.25) is 19.2 Å². The molecule has 0 aliphatic carbocycles. The molecule has 0 saturated carbocycles. The number of carbonyl (C=O) groups is 4. The number of hydrogen-bond acceptors (Lipinski definition) is 10. The maximum Gasteiger partial charge on any atom is 0.185 e. The zero-order valence-electron chi connectivity index (χ0n) is 36.6. The summed E-state index contributed by atoms with van der Waals surface area (Å²) in [6.45, 7) is 2.31. The van der Waals surface area contributed by atoms with Gasteiger partial charge in [-0.1, -0.05) is 137 Å². The second-order valence-electron chi connectivity index (χ2n) is 15.1. The topological polar surface area (TPSA) is 190 Å². The Balaban J connectivity index is 5.56. The number of rotatable bonds is 39. The molecule has 0 amide bonds. The molecule has 10 nitrogen and oxygen atoms in total. The van der Waals surface area contributed by atoms with Crippen LogP contribution in [-0.4, -0.2) is 91.4 Å². The van der Waals surface area contributed by atoms with Crippen LogP contribution in [0.25, 0.3) is 0 Å². The van der Waals surface area contributed by atoms with Gasteiger partial charge in [0.2, 0.25) is 0 Å². The largest absolute Gasteiger partial charge is 0.394 e. The first kappa shape index (κ1) is 56.4. The van der Waals surface area contributed by atoms with E-state index in [0.717, 1.165) is 38.5 Å². The molecule has 0 heterocycles. The van der Waals surface area contributed by atoms with Crippen LogP contribution in [0, 0.1) is 5.41 Å². The van der Waals surface area contributed by atoms with Crippen LogP contribution in [0.4, 0.5) is 0 Å². The van der Waals surface area contributed by atoms with E-state index in [1.54, 1.807) is 0 Å². The van der Waals surface area contributed by atoms with E-state index in [9.17, 15) is 49.8 Å². The van der Waals surface area contributed by atoms with Crippen molar-refractivity contribution >= 4 is 23.1 Å². The standard InChI is InChI=1S/C50H78O10/c1-3-5-7-9-11-13-15-17-19-21-23-25-27-29-31-33-35-37-45(56)50(49(60)48(59)44(55)41-52,39-42(53)47(58)43(54)40-51)46(57)38-36-34-32-30-28-26-24-22-20-18-16-14-12-10-8-6-4-2/h11-14,17-20,23-26,29-32,43-44,47-48,51-52,54-55,58-59H,3-10,15-16,21-22,27-28,33-41H2,1-2H3/b13-11-,14-12-,19-17-,20-18-,25-23-,26-24-,31-29-,32-30-. The number of ketones is 4. The van der Waals surface area contributed by atoms with E-state index in [2.05, 4.69) is 74.6 Å². The van der Waals surface area contributed by atoms with Crippen LogP contribution in [0.1, 0.15) is 149 Å². The molecule has 0 aliphatic rings. The fraction of sp³-hybridized carbons (Fsp3) is 0.600. The van der Waals surface area contributed by atoms with Crippen molar-refractivity contribution in [1.82, 2.24) is 0 Å². The molecule has 0 saturated heterocycles. The van der Waals surface area contributed by atoms with Crippen LogP contribution in [0.3, 0.4) is 0 Å². The summed E-state index contributed by atoms with van der Waals surface area (Å²) in [6.07, 6.45) is 38.0. The Morgan fingerprint density at radius 3 is 1.05 bits per heavy atom. The first-order chi connectivity index (χ1) is 29.0. The third-order valence-corrected chi connectivity index (χ3v) is 9.98. The highest BCUT2D eigenvalue weighted by Gasteiger charge is 2.55. The molecule has 0 aromatic rings. The van der Waals surface area contributed by atoms with Gasteiger partial charge in [0, 0.05) is 19.3 Å². The summed E-state index contributed by atoms with van der Waals surface area (Å²) in [6, 6.07) is 0. The monoisotopic (exact) mass is 839 g/mol. The van der Waals surface area contributed by atoms with Crippen molar-refractivity contribution in [2.75, 3.05) is 13.2 Å². The van der Waals surface area contributed by atoms with Crippen LogP contribution in [0.15, 0.2) is 97.2 Å². The van der Waals surface area contributed by atoms with Crippen molar-refractivity contribution in [2.45, 2.75) is 173 Å². The van der Waals surface area contributed by atoms with Gasteiger partial charge in [-0.15, -0.1) is 0 Å². The Bertz CT molecular complexity index is 1320. The molecule has 0 fully saturated rings. The van der Waals surface area contributed by atoms with Crippen molar-refractivity contribution in [3.63, 3.8) is 0 Å². The molecule has 10 heteroatoms. The number of unbranched alkanes of at least 4 members (excludes halogenated alkanes) is 8. The molecular formula is C50H78O10. The third kappa shape index (κ3) is 25.9. The molecular weight excluding hydrogens is 761 g/mol. The predicted molar refractivity (Wildman–Crippen MR) is 242 cm³/mol. The molecule has 0 spiro atoms. The first-order valence-corrected chi connectivity index (χ1v) is 22.3. The number of Topliss-reactive ketones (excluding diaryl/α,β-unsaturated/α-hetero) is 4. The fourth-order valence-corrected chi connectivity index (χ4v) is 6.23. The Hall–Kier alpha value is -3.64. The van der Waals surface area contributed by atoms with Gasteiger partial charge < -0.3 is 30.6 Å². The van der Waals surface area contributed by atoms with E-state index in [1.807, 2.05) is 36.5 Å². The lowest BCUT2D eigenvalue weighted by Crippen LogP contribution is -2.56. The van der Waals surface area contributed by atoms with Crippen LogP contribution >= 0.6 is 0 Å². The highest BCUT2D eigenvalue weighted by atomic mass is 16.4. The lowest BCUT2D eigenvalue weighted by Gasteiger charge is -2.33. The van der Waals surface area contributed by atoms with E-state index >= 15 is 0 Å². The molecule has 338 valence electrons. The Labute approximate surface area is 361 Å². The van der Waals surface area contributed by atoms with Gasteiger partial charge in [0.1, 0.15) is 24.4 Å². The number of aliphatic hydroxyl groups excluding tert-OH is 6. The van der Waals surface area contributed by atoms with E-state index in [4.69, 9.17) is 0 Å². The summed E-state index contributed by atoms with van der Waals surface area (Å²) in [5.74, 6) is -4.68. The molecule has 4 unspecified atom stereocenters. The van der Waals surface area contributed by atoms with Crippen LogP contribution < -0.4 is 0 Å². The second-order valence-corrected chi connectivity index (χ2v) is 15.1. The maximum absolute atomic E-state index is 14.0. The summed E-state index contributed by atoms with van der Waals surface area (Å²) in [5, 5.41) is 59.9. The van der Waals surface area contributed by atoms with Gasteiger partial charge in [0.15, 0.2) is 28.5 Å². The smallest absolute Gasteiger partial charge is 0.185 e.